The highest BCUT2D eigenvalue weighted by atomic mass is 35.5. The van der Waals surface area contributed by atoms with Gasteiger partial charge in [0, 0.05) is 10.9 Å². The lowest BCUT2D eigenvalue weighted by Crippen LogP contribution is -2.16. The molecule has 0 saturated carbocycles. The van der Waals surface area contributed by atoms with Gasteiger partial charge in [-0.25, -0.2) is 0 Å². The van der Waals surface area contributed by atoms with E-state index in [2.05, 4.69) is 4.98 Å². The molecule has 0 aliphatic rings. The zero-order chi connectivity index (χ0) is 13.3. The van der Waals surface area contributed by atoms with E-state index in [-0.39, 0.29) is 12.0 Å². The minimum atomic E-state index is -1.07. The number of carboxylic acids is 1. The molecular formula is C12H10ClNO4. The molecule has 1 aromatic heterocycles. The monoisotopic (exact) mass is 267 g/mol. The van der Waals surface area contributed by atoms with Gasteiger partial charge in [0.1, 0.15) is 5.75 Å². The summed E-state index contributed by atoms with van der Waals surface area (Å²) in [4.78, 5) is 24.9. The summed E-state index contributed by atoms with van der Waals surface area (Å²) in [7, 11) is 1.49. The zero-order valence-electron chi connectivity index (χ0n) is 9.49. The number of hydrogen-bond acceptors (Lipinski definition) is 3. The van der Waals surface area contributed by atoms with Crippen molar-refractivity contribution >= 4 is 28.5 Å². The molecule has 1 aromatic carbocycles. The maximum Gasteiger partial charge on any atom is 0.308 e. The Morgan fingerprint density at radius 1 is 1.50 bits per heavy atom. The van der Waals surface area contributed by atoms with Crippen molar-refractivity contribution in [2.24, 2.45) is 0 Å². The third kappa shape index (κ3) is 2.17. The first-order chi connectivity index (χ1) is 8.52. The van der Waals surface area contributed by atoms with E-state index < -0.39 is 11.5 Å². The molecule has 0 unspecified atom stereocenters. The third-order valence-corrected chi connectivity index (χ3v) is 2.88. The van der Waals surface area contributed by atoms with Gasteiger partial charge in [0.15, 0.2) is 0 Å². The van der Waals surface area contributed by atoms with Crippen LogP contribution < -0.4 is 10.3 Å². The van der Waals surface area contributed by atoms with Gasteiger partial charge in [-0.05, 0) is 18.2 Å². The number of rotatable bonds is 3. The lowest BCUT2D eigenvalue weighted by Gasteiger charge is -2.08. The normalized spacial score (nSPS) is 10.6. The summed E-state index contributed by atoms with van der Waals surface area (Å²) in [6, 6.07) is 4.76. The van der Waals surface area contributed by atoms with Crippen LogP contribution in [0.15, 0.2) is 23.0 Å². The second kappa shape index (κ2) is 4.70. The molecule has 18 heavy (non-hydrogen) atoms. The van der Waals surface area contributed by atoms with Gasteiger partial charge in [0.05, 0.1) is 24.1 Å². The van der Waals surface area contributed by atoms with Crippen LogP contribution in [0, 0.1) is 0 Å². The molecule has 0 fully saturated rings. The molecule has 6 heteroatoms. The fourth-order valence-corrected chi connectivity index (χ4v) is 1.96. The number of ether oxygens (including phenoxy) is 1. The third-order valence-electron chi connectivity index (χ3n) is 2.57. The Kier molecular flexibility index (Phi) is 3.25. The number of benzene rings is 1. The molecule has 0 amide bonds. The van der Waals surface area contributed by atoms with Gasteiger partial charge in [-0.1, -0.05) is 11.6 Å². The van der Waals surface area contributed by atoms with Crippen LogP contribution in [0.3, 0.4) is 0 Å². The van der Waals surface area contributed by atoms with Crippen molar-refractivity contribution < 1.29 is 14.6 Å². The number of pyridine rings is 1. The number of nitrogens with one attached hydrogen (secondary N) is 1. The maximum absolute atomic E-state index is 11.7. The highest BCUT2D eigenvalue weighted by molar-refractivity contribution is 6.35. The maximum atomic E-state index is 11.7. The summed E-state index contributed by atoms with van der Waals surface area (Å²) in [5, 5.41) is 9.70. The molecule has 94 valence electrons. The van der Waals surface area contributed by atoms with Crippen molar-refractivity contribution in [2.45, 2.75) is 6.42 Å². The van der Waals surface area contributed by atoms with E-state index in [0.29, 0.717) is 21.7 Å². The zero-order valence-corrected chi connectivity index (χ0v) is 10.2. The van der Waals surface area contributed by atoms with Crippen molar-refractivity contribution in [3.63, 3.8) is 0 Å². The van der Waals surface area contributed by atoms with E-state index >= 15 is 0 Å². The Balaban J connectivity index is 2.75. The van der Waals surface area contributed by atoms with Crippen molar-refractivity contribution in [3.05, 3.63) is 39.1 Å². The van der Waals surface area contributed by atoms with Crippen LogP contribution in [0.25, 0.3) is 10.9 Å². The molecule has 5 nitrogen and oxygen atoms in total. The predicted octanol–water partition coefficient (Wildman–Crippen LogP) is 1.82. The molecule has 0 aliphatic heterocycles. The van der Waals surface area contributed by atoms with Gasteiger partial charge in [-0.15, -0.1) is 0 Å². The Hall–Kier alpha value is -2.01. The molecule has 0 bridgehead atoms. The molecular weight excluding hydrogens is 258 g/mol. The largest absolute Gasteiger partial charge is 0.496 e. The second-order valence-electron chi connectivity index (χ2n) is 3.73. The Morgan fingerprint density at radius 3 is 2.83 bits per heavy atom. The van der Waals surface area contributed by atoms with Gasteiger partial charge in [-0.3, -0.25) is 9.59 Å². The van der Waals surface area contributed by atoms with E-state index in [4.69, 9.17) is 21.4 Å². The number of aromatic nitrogens is 1. The highest BCUT2D eigenvalue weighted by Crippen LogP contribution is 2.29. The number of hydrogen-bond donors (Lipinski definition) is 2. The molecule has 0 spiro atoms. The molecule has 0 aliphatic carbocycles. The molecule has 0 radical (unpaired) electrons. The number of fused-ring (bicyclic) bond motifs is 1. The summed E-state index contributed by atoms with van der Waals surface area (Å²) in [5.41, 5.74) is 0.144. The molecule has 1 heterocycles. The second-order valence-corrected chi connectivity index (χ2v) is 4.14. The molecule has 2 N–H and O–H groups in total. The predicted molar refractivity (Wildman–Crippen MR) is 67.5 cm³/mol. The minimum Gasteiger partial charge on any atom is -0.496 e. The van der Waals surface area contributed by atoms with E-state index in [1.54, 1.807) is 12.1 Å². The molecule has 2 aromatic rings. The number of carbonyl (C=O) groups is 1. The summed E-state index contributed by atoms with van der Waals surface area (Å²) >= 11 is 5.97. The van der Waals surface area contributed by atoms with Gasteiger partial charge >= 0.3 is 5.97 Å². The van der Waals surface area contributed by atoms with Crippen LogP contribution in [0.1, 0.15) is 5.56 Å². The van der Waals surface area contributed by atoms with Gasteiger partial charge in [0.25, 0.3) is 5.56 Å². The highest BCUT2D eigenvalue weighted by Gasteiger charge is 2.11. The summed E-state index contributed by atoms with van der Waals surface area (Å²) in [6.45, 7) is 0. The van der Waals surface area contributed by atoms with E-state index in [9.17, 15) is 9.59 Å². The van der Waals surface area contributed by atoms with Crippen LogP contribution in [0.4, 0.5) is 0 Å². The number of carboxylic acid groups (broad SMARTS) is 1. The van der Waals surface area contributed by atoms with Gasteiger partial charge < -0.3 is 14.8 Å². The smallest absolute Gasteiger partial charge is 0.308 e. The lowest BCUT2D eigenvalue weighted by molar-refractivity contribution is -0.136. The van der Waals surface area contributed by atoms with E-state index in [0.717, 1.165) is 0 Å². The topological polar surface area (TPSA) is 79.4 Å². The lowest BCUT2D eigenvalue weighted by atomic mass is 10.1. The number of halogens is 1. The van der Waals surface area contributed by atoms with Crippen LogP contribution in [-0.4, -0.2) is 23.2 Å². The molecule has 2 rings (SSSR count). The average Bonchev–Trinajstić information content (AvgIpc) is 2.31. The van der Waals surface area contributed by atoms with Crippen LogP contribution in [-0.2, 0) is 11.2 Å². The quantitative estimate of drug-likeness (QED) is 0.889. The van der Waals surface area contributed by atoms with Crippen LogP contribution >= 0.6 is 11.6 Å². The van der Waals surface area contributed by atoms with Gasteiger partial charge in [0.2, 0.25) is 0 Å². The number of aromatic amines is 1. The number of methoxy groups -OCH3 is 1. The first kappa shape index (κ1) is 12.4. The van der Waals surface area contributed by atoms with E-state index in [1.165, 1.54) is 13.2 Å². The first-order valence-corrected chi connectivity index (χ1v) is 5.51. The Morgan fingerprint density at radius 2 is 2.22 bits per heavy atom. The summed E-state index contributed by atoms with van der Waals surface area (Å²) < 4.78 is 5.15. The fourth-order valence-electron chi connectivity index (χ4n) is 1.75. The Labute approximate surface area is 107 Å². The van der Waals surface area contributed by atoms with Gasteiger partial charge in [-0.2, -0.15) is 0 Å². The first-order valence-electron chi connectivity index (χ1n) is 5.13. The van der Waals surface area contributed by atoms with Crippen molar-refractivity contribution in [3.8, 4) is 5.75 Å². The molecule has 0 saturated heterocycles. The SMILES string of the molecule is COc1ccc(Cl)c2[nH]c(=O)c(CC(=O)O)cc12. The summed E-state index contributed by atoms with van der Waals surface area (Å²) in [5.74, 6) is -0.543. The Bertz CT molecular complexity index is 678. The average molecular weight is 268 g/mol. The number of aliphatic carboxylic acids is 1. The van der Waals surface area contributed by atoms with Crippen LogP contribution in [0.5, 0.6) is 5.75 Å². The van der Waals surface area contributed by atoms with E-state index in [1.807, 2.05) is 0 Å². The molecule has 0 atom stereocenters. The van der Waals surface area contributed by atoms with Crippen LogP contribution in [0.2, 0.25) is 5.02 Å². The van der Waals surface area contributed by atoms with Crippen molar-refractivity contribution in [1.82, 2.24) is 4.98 Å². The minimum absolute atomic E-state index is 0.163. The number of H-pyrrole nitrogens is 1. The standard InChI is InChI=1S/C12H10ClNO4/c1-18-9-3-2-8(13)11-7(9)4-6(5-10(15)16)12(17)14-11/h2-4H,5H2,1H3,(H,14,17)(H,15,16). The summed E-state index contributed by atoms with van der Waals surface area (Å²) in [6.07, 6.45) is -0.346. The van der Waals surface area contributed by atoms with Crippen molar-refractivity contribution in [2.75, 3.05) is 7.11 Å². The van der Waals surface area contributed by atoms with Crippen molar-refractivity contribution in [1.29, 1.82) is 0 Å². The fraction of sp³-hybridized carbons (Fsp3) is 0.167.